The fourth-order valence-electron chi connectivity index (χ4n) is 8.44. The molecule has 2 aromatic carbocycles. The summed E-state index contributed by atoms with van der Waals surface area (Å²) in [6.07, 6.45) is 55.7. The Kier molecular flexibility index (Phi) is 40.2. The van der Waals surface area contributed by atoms with Crippen molar-refractivity contribution in [2.75, 3.05) is 0 Å². The fourth-order valence-corrected chi connectivity index (χ4v) is 8.44. The van der Waals surface area contributed by atoms with Gasteiger partial charge in [-0.05, 0) is 73.9 Å². The Hall–Kier alpha value is -1.73. The van der Waals surface area contributed by atoms with Gasteiger partial charge < -0.3 is 0 Å². The Morgan fingerprint density at radius 3 is 0.932 bits per heavy atom. The minimum atomic E-state index is 0. The molecule has 0 aliphatic rings. The zero-order valence-corrected chi connectivity index (χ0v) is 40.5. The van der Waals surface area contributed by atoms with Crippen molar-refractivity contribution in [1.29, 1.82) is 0 Å². The second-order valence-electron chi connectivity index (χ2n) is 18.1. The predicted molar refractivity (Wildman–Crippen MR) is 263 cm³/mol. The van der Waals surface area contributed by atoms with Crippen molar-refractivity contribution in [3.63, 3.8) is 0 Å². The van der Waals surface area contributed by atoms with Crippen molar-refractivity contribution in [1.82, 2.24) is 0 Å². The van der Waals surface area contributed by atoms with Crippen LogP contribution < -0.4 is 0 Å². The van der Waals surface area contributed by atoms with Gasteiger partial charge in [0.2, 0.25) is 0 Å². The summed E-state index contributed by atoms with van der Waals surface area (Å²) < 4.78 is 0. The molecule has 0 radical (unpaired) electrons. The molecule has 3 heteroatoms. The van der Waals surface area contributed by atoms with E-state index < -0.39 is 0 Å². The normalized spacial score (nSPS) is 11.8. The van der Waals surface area contributed by atoms with Crippen molar-refractivity contribution in [2.24, 2.45) is 9.98 Å². The van der Waals surface area contributed by atoms with Gasteiger partial charge in [-0.15, -0.1) is 0 Å². The van der Waals surface area contributed by atoms with Crippen LogP contribution in [0.5, 0.6) is 0 Å². The van der Waals surface area contributed by atoms with Crippen LogP contribution in [0.15, 0.2) is 58.5 Å². The molecule has 0 saturated carbocycles. The third-order valence-corrected chi connectivity index (χ3v) is 12.4. The average Bonchev–Trinajstić information content (AvgIpc) is 3.24. The predicted octanol–water partition coefficient (Wildman–Crippen LogP) is 19.7. The number of aliphatic imine (C=N–C) groups is 2. The summed E-state index contributed by atoms with van der Waals surface area (Å²) in [7, 11) is 0. The first-order valence-corrected chi connectivity index (χ1v) is 26.0. The van der Waals surface area contributed by atoms with Crippen LogP contribution in [0.4, 0.5) is 11.4 Å². The fraction of sp³-hybridized carbons (Fsp3) is 0.750. The van der Waals surface area contributed by atoms with Gasteiger partial charge >= 0.3 is 0 Å². The van der Waals surface area contributed by atoms with E-state index in [4.69, 9.17) is 9.98 Å². The van der Waals surface area contributed by atoms with Crippen molar-refractivity contribution in [3.8, 4) is 0 Å². The Labute approximate surface area is 378 Å². The van der Waals surface area contributed by atoms with Gasteiger partial charge in [0.05, 0.1) is 17.1 Å². The third kappa shape index (κ3) is 34.5. The van der Waals surface area contributed by atoms with E-state index in [9.17, 15) is 0 Å². The first-order valence-electron chi connectivity index (χ1n) is 26.0. The van der Waals surface area contributed by atoms with Crippen LogP contribution >= 0.6 is 0 Å². The largest absolute Gasteiger partial charge is 0.255 e. The van der Waals surface area contributed by atoms with E-state index in [-0.39, 0.29) is 16.5 Å². The van der Waals surface area contributed by atoms with Crippen LogP contribution in [0.2, 0.25) is 0 Å². The molecule has 0 unspecified atom stereocenters. The average molecular weight is 856 g/mol. The van der Waals surface area contributed by atoms with E-state index in [0.717, 1.165) is 23.5 Å². The Balaban J connectivity index is 0.0000174. The van der Waals surface area contributed by atoms with Gasteiger partial charge in [0, 0.05) is 22.7 Å². The summed E-state index contributed by atoms with van der Waals surface area (Å²) in [6, 6.07) is 18.1. The molecule has 0 bridgehead atoms. The molecule has 0 fully saturated rings. The maximum absolute atomic E-state index is 5.15. The summed E-state index contributed by atoms with van der Waals surface area (Å²) >= 11 is 0. The summed E-state index contributed by atoms with van der Waals surface area (Å²) in [6.45, 7) is 6.91. The van der Waals surface area contributed by atoms with Gasteiger partial charge in [-0.25, -0.2) is 0 Å². The number of hydrogen-bond acceptors (Lipinski definition) is 2. The number of benzene rings is 2. The van der Waals surface area contributed by atoms with E-state index >= 15 is 0 Å². The minimum Gasteiger partial charge on any atom is -0.255 e. The number of nitrogens with zero attached hydrogens (tertiary/aromatic N) is 2. The maximum Gasteiger partial charge on any atom is 0.0633 e. The van der Waals surface area contributed by atoms with E-state index in [1.165, 1.54) is 255 Å². The molecule has 59 heavy (non-hydrogen) atoms. The summed E-state index contributed by atoms with van der Waals surface area (Å²) in [5.74, 6) is 0. The van der Waals surface area contributed by atoms with Crippen LogP contribution in [0.1, 0.15) is 269 Å². The molecule has 0 aromatic heterocycles. The molecule has 0 aliphatic carbocycles. The molecule has 2 nitrogen and oxygen atoms in total. The molecular weight excluding hydrogens is 759 g/mol. The van der Waals surface area contributed by atoms with Gasteiger partial charge in [0.25, 0.3) is 0 Å². The quantitative estimate of drug-likeness (QED) is 0.0361. The van der Waals surface area contributed by atoms with Gasteiger partial charge in [0.1, 0.15) is 0 Å². The van der Waals surface area contributed by atoms with Crippen LogP contribution in [-0.4, -0.2) is 11.9 Å². The molecule has 0 heterocycles. The van der Waals surface area contributed by atoms with Gasteiger partial charge in [-0.1, -0.05) is 257 Å². The van der Waals surface area contributed by atoms with Crippen LogP contribution in [0, 0.1) is 0 Å². The van der Waals surface area contributed by atoms with Crippen molar-refractivity contribution >= 4 is 23.3 Å². The van der Waals surface area contributed by atoms with E-state index in [0.29, 0.717) is 0 Å². The SMILES string of the molecule is CCCCCCCCCCCCCCCCCCCCC(/C=N/c1ccc(CCCCCCCCCCC)cc1)=N\c1ccc(CCCCCCCCCCC)cc1.[Ni]. The maximum atomic E-state index is 5.15. The number of hydrogen-bond donors (Lipinski definition) is 0. The zero-order valence-electron chi connectivity index (χ0n) is 39.5. The first-order chi connectivity index (χ1) is 28.7. The minimum absolute atomic E-state index is 0. The van der Waals surface area contributed by atoms with Crippen molar-refractivity contribution < 1.29 is 16.5 Å². The van der Waals surface area contributed by atoms with Crippen LogP contribution in [-0.2, 0) is 29.3 Å². The number of rotatable bonds is 42. The first kappa shape index (κ1) is 55.3. The third-order valence-electron chi connectivity index (χ3n) is 12.4. The molecule has 0 atom stereocenters. The van der Waals surface area contributed by atoms with Crippen LogP contribution in [0.25, 0.3) is 0 Å². The molecule has 0 amide bonds. The zero-order chi connectivity index (χ0) is 41.2. The summed E-state index contributed by atoms with van der Waals surface area (Å²) in [5, 5.41) is 0. The molecule has 340 valence electrons. The monoisotopic (exact) mass is 855 g/mol. The molecule has 0 N–H and O–H groups in total. The summed E-state index contributed by atoms with van der Waals surface area (Å²) in [5.41, 5.74) is 6.11. The topological polar surface area (TPSA) is 24.7 Å². The summed E-state index contributed by atoms with van der Waals surface area (Å²) in [4.78, 5) is 10.1. The van der Waals surface area contributed by atoms with Gasteiger partial charge in [-0.3, -0.25) is 9.98 Å². The van der Waals surface area contributed by atoms with Crippen molar-refractivity contribution in [2.45, 2.75) is 271 Å². The molecule has 2 rings (SSSR count). The second-order valence-corrected chi connectivity index (χ2v) is 18.1. The molecular formula is C56H96N2Ni. The Morgan fingerprint density at radius 1 is 0.339 bits per heavy atom. The molecule has 0 aliphatic heterocycles. The second kappa shape index (κ2) is 42.9. The van der Waals surface area contributed by atoms with E-state index in [1.807, 2.05) is 0 Å². The Morgan fingerprint density at radius 2 is 0.610 bits per heavy atom. The van der Waals surface area contributed by atoms with Crippen molar-refractivity contribution in [3.05, 3.63) is 59.7 Å². The number of aryl methyl sites for hydroxylation is 2. The smallest absolute Gasteiger partial charge is 0.0633 e. The van der Waals surface area contributed by atoms with Gasteiger partial charge in [0.15, 0.2) is 0 Å². The van der Waals surface area contributed by atoms with E-state index in [2.05, 4.69) is 75.5 Å². The number of unbranched alkanes of at least 4 members (excludes halogenated alkanes) is 33. The molecule has 0 saturated heterocycles. The standard InChI is InChI=1S/C56H96N2.Ni/c1-4-7-10-13-16-19-20-21-22-23-24-25-26-27-30-33-36-39-42-56(58-55-49-45-53(46-50-55)41-38-35-32-29-18-15-12-9-6-3)51-57-54-47-43-52(44-48-54)40-37-34-31-28-17-14-11-8-5-2;/h43-51H,4-42H2,1-3H3;/b57-51+,58-56+;. The van der Waals surface area contributed by atoms with E-state index in [1.54, 1.807) is 0 Å². The molecule has 2 aromatic rings. The van der Waals surface area contributed by atoms with Gasteiger partial charge in [-0.2, -0.15) is 0 Å². The van der Waals surface area contributed by atoms with Crippen LogP contribution in [0.3, 0.4) is 0 Å². The Bertz CT molecular complexity index is 1200. The molecule has 0 spiro atoms.